The fraction of sp³-hybridized carbons (Fsp3) is 0.798. The zero-order valence-electron chi connectivity index (χ0n) is 74.0. The number of likely N-dealkylation sites (N-methyl/N-ethyl adjacent to an activating group) is 6. The number of aliphatic imine (C=N–C) groups is 2. The van der Waals surface area contributed by atoms with E-state index in [1.54, 1.807) is 29.6 Å². The van der Waals surface area contributed by atoms with E-state index in [4.69, 9.17) is 4.74 Å². The van der Waals surface area contributed by atoms with Crippen LogP contribution in [0.4, 0.5) is 0 Å². The van der Waals surface area contributed by atoms with Gasteiger partial charge in [0.1, 0.15) is 6.67 Å². The van der Waals surface area contributed by atoms with Gasteiger partial charge in [-0.3, -0.25) is 14.7 Å². The molecular weight excluding hydrogens is 1570 g/mol. The standard InChI is InChI=1S/C6H14N2.3C6H13N.C6H11N.C6H9N.C5H12N2.C5H8N2.C5H11NO.3C5H11N.C5H7N.C4H8N2.2C4H6N2.16CH4.5B/c1-8-5-2-3-7-4-6-8;5*1-7-5-3-2-4-6-7;1-7-4-2-6-3-5-7;1-7-4-2-3-6-5-7;1-6-2-4-7-5-3-6;4*1-6-4-2-3-5-6;2*1-6-3-2-5-4-6;1-6-4-2-3-5-6;;;;;;;;;;;;;;;;;;;;;/h7H,2-6H2,1H3;3*2-6H2,1H3;2-3H,4-6H2,1H3;2-5H,6H2,1H3;6H,2-5H2,1H3;2-4H,5H2,1H3;2-5H2,1H3;3*2-5H2,1H3;2-5H,1H3;4H,2-3H2,1H3;2*2-4H,1H3;16*1H4;;;;;. The number of piperazine rings is 1. The summed E-state index contributed by atoms with van der Waals surface area (Å²) < 4.78 is 10.7. The van der Waals surface area contributed by atoms with Crippen LogP contribution in [0.25, 0.3) is 0 Å². The molecule has 28 heteroatoms. The number of nitrogens with zero attached hydrogens (tertiary/aromatic N) is 20. The van der Waals surface area contributed by atoms with Crippen LogP contribution in [0.5, 0.6) is 0 Å². The lowest BCUT2D eigenvalue weighted by Gasteiger charge is -2.21. The molecule has 127 heavy (non-hydrogen) atoms. The number of hydrogen-bond acceptors (Lipinski definition) is 20. The first kappa shape index (κ1) is 175. The Kier molecular flexibility index (Phi) is 176. The maximum atomic E-state index is 5.10. The van der Waals surface area contributed by atoms with Crippen molar-refractivity contribution in [2.45, 2.75) is 228 Å². The van der Waals surface area contributed by atoms with Crippen LogP contribution in [0.15, 0.2) is 121 Å². The third-order valence-electron chi connectivity index (χ3n) is 18.8. The average molecular weight is 1800 g/mol. The van der Waals surface area contributed by atoms with Crippen molar-refractivity contribution in [1.29, 1.82) is 0 Å². The predicted molar refractivity (Wildman–Crippen MR) is 595 cm³/mol. The third kappa shape index (κ3) is 125. The van der Waals surface area contributed by atoms with Gasteiger partial charge in [-0.15, -0.1) is 0 Å². The lowest BCUT2D eigenvalue weighted by molar-refractivity contribution is 0.0503. The second kappa shape index (κ2) is 127. The van der Waals surface area contributed by atoms with E-state index in [0.29, 0.717) is 0 Å². The van der Waals surface area contributed by atoms with Gasteiger partial charge in [0, 0.05) is 212 Å². The number of piperidine rings is 3. The van der Waals surface area contributed by atoms with Crippen molar-refractivity contribution in [3.05, 3.63) is 111 Å². The molecule has 13 aliphatic rings. The fourth-order valence-electron chi connectivity index (χ4n) is 11.5. The highest BCUT2D eigenvalue weighted by atomic mass is 16.5. The van der Waals surface area contributed by atoms with Crippen molar-refractivity contribution >= 4 is 54.6 Å². The molecule has 13 aliphatic heterocycles. The molecule has 3 aromatic heterocycles. The van der Waals surface area contributed by atoms with Crippen molar-refractivity contribution in [2.75, 3.05) is 288 Å². The SMILES string of the molecule is C.C.C.C.C.C.C.C.C.C.C.C.C.C.C.C.CN1C=CC=CC1.CN1C=CC=NC1.CN1C=NCC1.CN1CC=CCC1.CN1CCCC1.CN1CCCC1.CN1CCCC1.CN1CCCCC1.CN1CCCCC1.CN1CCCCC1.CN1CCCNCC1.CN1CCNCC1.CN1CCOCC1.Cn1cccc1.Cn1cccn1.Cn1ccnc1.[B].[B].[B].[B].[B]. The number of allylic oxidation sites excluding steroid dienone is 3. The van der Waals surface area contributed by atoms with Gasteiger partial charge >= 0.3 is 0 Å². The van der Waals surface area contributed by atoms with Gasteiger partial charge in [-0.1, -0.05) is 162 Å². The molecule has 2 N–H and O–H groups in total. The maximum absolute atomic E-state index is 5.10. The van der Waals surface area contributed by atoms with E-state index in [2.05, 4.69) is 198 Å². The van der Waals surface area contributed by atoms with Crippen LogP contribution in [-0.4, -0.2) is 430 Å². The van der Waals surface area contributed by atoms with Gasteiger partial charge < -0.3 is 88.2 Å². The third-order valence-corrected chi connectivity index (χ3v) is 18.8. The van der Waals surface area contributed by atoms with Gasteiger partial charge in [-0.25, -0.2) is 4.98 Å². The predicted octanol–water partition coefficient (Wildman–Crippen LogP) is 17.3. The molecule has 0 spiro atoms. The smallest absolute Gasteiger partial charge is 0.109 e. The summed E-state index contributed by atoms with van der Waals surface area (Å²) in [6.07, 6.45) is 57.2. The first-order valence-corrected chi connectivity index (χ1v) is 40.8. The largest absolute Gasteiger partial charge is 0.379 e. The molecule has 23 nitrogen and oxygen atoms in total. The van der Waals surface area contributed by atoms with Gasteiger partial charge in [-0.05, 0) is 289 Å². The van der Waals surface area contributed by atoms with Gasteiger partial charge in [0.25, 0.3) is 0 Å². The quantitative estimate of drug-likeness (QED) is 0.163. The molecule has 15 radical (unpaired) electrons. The maximum Gasteiger partial charge on any atom is 0.109 e. The van der Waals surface area contributed by atoms with E-state index in [0.717, 1.165) is 78.8 Å². The van der Waals surface area contributed by atoms with Gasteiger partial charge in [-0.2, -0.15) is 5.10 Å². The van der Waals surface area contributed by atoms with Crippen LogP contribution < -0.4 is 10.6 Å². The number of morpholine rings is 1. The number of likely N-dealkylation sites (tertiary alicyclic amines) is 6. The van der Waals surface area contributed by atoms with Gasteiger partial charge in [0.15, 0.2) is 0 Å². The Morgan fingerprint density at radius 1 is 0.283 bits per heavy atom. The van der Waals surface area contributed by atoms with Crippen molar-refractivity contribution in [3.8, 4) is 0 Å². The Balaban J connectivity index is -0.0000000492. The highest BCUT2D eigenvalue weighted by Crippen LogP contribution is 2.08. The molecule has 0 saturated carbocycles. The number of rotatable bonds is 0. The van der Waals surface area contributed by atoms with Gasteiger partial charge in [0.05, 0.1) is 32.4 Å². The normalized spacial score (nSPS) is 17.6. The lowest BCUT2D eigenvalue weighted by atomic mass is 10.1. The van der Waals surface area contributed by atoms with Crippen LogP contribution in [0, 0.1) is 0 Å². The number of nitrogens with one attached hydrogen (secondary N) is 2. The van der Waals surface area contributed by atoms with E-state index < -0.39 is 0 Å². The molecule has 16 rings (SSSR count). The molecule has 0 aliphatic carbocycles. The molecule has 0 bridgehead atoms. The second-order valence-electron chi connectivity index (χ2n) is 30.1. The lowest BCUT2D eigenvalue weighted by Crippen LogP contribution is -2.40. The molecule has 0 amide bonds. The Morgan fingerprint density at radius 2 is 0.654 bits per heavy atom. The molecule has 9 saturated heterocycles. The number of aromatic nitrogens is 5. The van der Waals surface area contributed by atoms with E-state index >= 15 is 0 Å². The summed E-state index contributed by atoms with van der Waals surface area (Å²) >= 11 is 0. The molecular formula is C99H228B5N22O. The van der Waals surface area contributed by atoms with Crippen LogP contribution >= 0.6 is 0 Å². The molecule has 16 heterocycles. The molecule has 0 atom stereocenters. The molecule has 9 fully saturated rings. The summed E-state index contributed by atoms with van der Waals surface area (Å²) in [7, 11) is 33.6. The minimum Gasteiger partial charge on any atom is -0.379 e. The zero-order chi connectivity index (χ0) is 77.6. The first-order valence-electron chi connectivity index (χ1n) is 40.8. The van der Waals surface area contributed by atoms with Crippen LogP contribution in [0.2, 0.25) is 0 Å². The number of aryl methyl sites for hydroxylation is 3. The highest BCUT2D eigenvalue weighted by molar-refractivity contribution is 5.76. The van der Waals surface area contributed by atoms with Crippen LogP contribution in [0.3, 0.4) is 0 Å². The highest BCUT2D eigenvalue weighted by Gasteiger charge is 2.08. The summed E-state index contributed by atoms with van der Waals surface area (Å²) in [5.74, 6) is 0. The minimum atomic E-state index is 0. The van der Waals surface area contributed by atoms with Crippen LogP contribution in [0.1, 0.15) is 228 Å². The summed E-state index contributed by atoms with van der Waals surface area (Å²) in [5, 5.41) is 10.4. The Morgan fingerprint density at radius 3 is 0.827 bits per heavy atom. The Hall–Kier alpha value is -4.80. The molecule has 0 aromatic carbocycles. The summed E-state index contributed by atoms with van der Waals surface area (Å²) in [6.45, 7) is 35.7. The van der Waals surface area contributed by atoms with Crippen molar-refractivity contribution in [1.82, 2.24) is 98.2 Å². The topological polar surface area (TPSA) is 141 Å². The van der Waals surface area contributed by atoms with Crippen molar-refractivity contribution in [3.63, 3.8) is 0 Å². The molecule has 3 aromatic rings. The monoisotopic (exact) mass is 1800 g/mol. The summed E-state index contributed by atoms with van der Waals surface area (Å²) in [6, 6.07) is 5.89. The number of hydrogen-bond donors (Lipinski definition) is 2. The molecule has 0 unspecified atom stereocenters. The Labute approximate surface area is 811 Å². The van der Waals surface area contributed by atoms with E-state index in [1.165, 1.54) is 227 Å². The van der Waals surface area contributed by atoms with Crippen LogP contribution in [-0.2, 0) is 25.9 Å². The van der Waals surface area contributed by atoms with Crippen molar-refractivity contribution < 1.29 is 4.74 Å². The minimum absolute atomic E-state index is 0. The molecule has 755 valence electrons. The summed E-state index contributed by atoms with van der Waals surface area (Å²) in [5.41, 5.74) is 0. The first-order chi connectivity index (χ1) is 51.3. The van der Waals surface area contributed by atoms with E-state index in [1.807, 2.05) is 117 Å². The Bertz CT molecular complexity index is 2210. The summed E-state index contributed by atoms with van der Waals surface area (Å²) in [4.78, 5) is 41.5. The van der Waals surface area contributed by atoms with E-state index in [-0.39, 0.29) is 161 Å². The second-order valence-corrected chi connectivity index (χ2v) is 30.1. The fourth-order valence-corrected chi connectivity index (χ4v) is 11.5. The average Bonchev–Trinajstić information content (AvgIpc) is 1.63. The van der Waals surface area contributed by atoms with E-state index in [9.17, 15) is 0 Å². The number of ether oxygens (including phenoxy) is 1. The van der Waals surface area contributed by atoms with Crippen molar-refractivity contribution in [2.24, 2.45) is 31.1 Å². The zero-order valence-corrected chi connectivity index (χ0v) is 74.0. The number of imidazole rings is 1. The van der Waals surface area contributed by atoms with Gasteiger partial charge in [0.2, 0.25) is 0 Å².